The van der Waals surface area contributed by atoms with Gasteiger partial charge in [-0.1, -0.05) is 15.9 Å². The van der Waals surface area contributed by atoms with Crippen molar-refractivity contribution in [2.24, 2.45) is 0 Å². The Morgan fingerprint density at radius 2 is 2.20 bits per heavy atom. The molecule has 0 aromatic rings. The van der Waals surface area contributed by atoms with Gasteiger partial charge in [-0.3, -0.25) is 9.59 Å². The number of likely N-dealkylation sites (tertiary alicyclic amines) is 1. The molecule has 10 heavy (non-hydrogen) atoms. The van der Waals surface area contributed by atoms with Gasteiger partial charge >= 0.3 is 0 Å². The highest BCUT2D eigenvalue weighted by molar-refractivity contribution is 9.10. The Balaban J connectivity index is 2.70. The zero-order valence-electron chi connectivity index (χ0n) is 5.63. The van der Waals surface area contributed by atoms with Gasteiger partial charge in [-0.05, 0) is 0 Å². The number of nitrogens with zero attached hydrogens (tertiary/aromatic N) is 1. The van der Waals surface area contributed by atoms with Gasteiger partial charge < -0.3 is 4.90 Å². The van der Waals surface area contributed by atoms with Crippen LogP contribution in [0.4, 0.5) is 0 Å². The summed E-state index contributed by atoms with van der Waals surface area (Å²) in [7, 11) is 1.70. The van der Waals surface area contributed by atoms with E-state index in [4.69, 9.17) is 0 Å². The second kappa shape index (κ2) is 2.70. The summed E-state index contributed by atoms with van der Waals surface area (Å²) in [4.78, 5) is 22.8. The Hall–Kier alpha value is -0.380. The second-order valence-corrected chi connectivity index (χ2v) is 3.25. The lowest BCUT2D eigenvalue weighted by Crippen LogP contribution is -2.44. The van der Waals surface area contributed by atoms with Crippen LogP contribution in [0.25, 0.3) is 0 Å². The molecule has 0 aromatic carbocycles. The second-order valence-electron chi connectivity index (χ2n) is 2.34. The average molecular weight is 206 g/mol. The molecular formula is C6H8BrNO2. The first-order valence-corrected chi connectivity index (χ1v) is 3.96. The molecule has 4 heteroatoms. The Morgan fingerprint density at radius 1 is 1.60 bits per heavy atom. The van der Waals surface area contributed by atoms with Crippen LogP contribution in [0.1, 0.15) is 6.42 Å². The van der Waals surface area contributed by atoms with Crippen molar-refractivity contribution in [3.8, 4) is 0 Å². The molecule has 0 spiro atoms. The fourth-order valence-electron chi connectivity index (χ4n) is 0.846. The maximum Gasteiger partial charge on any atom is 0.243 e. The van der Waals surface area contributed by atoms with Gasteiger partial charge in [-0.15, -0.1) is 0 Å². The lowest BCUT2D eigenvalue weighted by atomic mass is 10.1. The van der Waals surface area contributed by atoms with Crippen LogP contribution in [0.5, 0.6) is 0 Å². The van der Waals surface area contributed by atoms with Crippen LogP contribution in [0.2, 0.25) is 0 Å². The van der Waals surface area contributed by atoms with Crippen molar-refractivity contribution in [3.63, 3.8) is 0 Å². The van der Waals surface area contributed by atoms with Gasteiger partial charge in [0.2, 0.25) is 5.91 Å². The molecule has 0 saturated carbocycles. The number of Topliss-reactive ketones (excluding diaryl/α,β-unsaturated/α-hetero) is 1. The summed E-state index contributed by atoms with van der Waals surface area (Å²) in [6.45, 7) is 0.555. The van der Waals surface area contributed by atoms with Crippen molar-refractivity contribution in [2.45, 2.75) is 11.2 Å². The molecule has 0 aromatic heterocycles. The maximum absolute atomic E-state index is 11.0. The number of amides is 1. The summed E-state index contributed by atoms with van der Waals surface area (Å²) in [6.07, 6.45) is 0.470. The zero-order chi connectivity index (χ0) is 7.72. The molecule has 56 valence electrons. The van der Waals surface area contributed by atoms with E-state index < -0.39 is 4.83 Å². The molecule has 0 aliphatic carbocycles. The summed E-state index contributed by atoms with van der Waals surface area (Å²) in [5, 5.41) is 0. The van der Waals surface area contributed by atoms with Crippen molar-refractivity contribution in [3.05, 3.63) is 0 Å². The van der Waals surface area contributed by atoms with Crippen molar-refractivity contribution < 1.29 is 9.59 Å². The summed E-state index contributed by atoms with van der Waals surface area (Å²) in [5.74, 6) is -0.139. The zero-order valence-corrected chi connectivity index (χ0v) is 7.22. The van der Waals surface area contributed by atoms with E-state index in [2.05, 4.69) is 15.9 Å². The highest BCUT2D eigenvalue weighted by Crippen LogP contribution is 2.13. The van der Waals surface area contributed by atoms with E-state index in [-0.39, 0.29) is 11.7 Å². The molecule has 0 radical (unpaired) electrons. The number of hydrogen-bond donors (Lipinski definition) is 0. The maximum atomic E-state index is 11.0. The first kappa shape index (κ1) is 7.72. The third kappa shape index (κ3) is 1.21. The molecule has 1 heterocycles. The van der Waals surface area contributed by atoms with Gasteiger partial charge in [-0.2, -0.15) is 0 Å². The van der Waals surface area contributed by atoms with Crippen molar-refractivity contribution >= 4 is 27.6 Å². The number of hydrogen-bond acceptors (Lipinski definition) is 2. The van der Waals surface area contributed by atoms with E-state index in [1.807, 2.05) is 0 Å². The standard InChI is InChI=1S/C6H8BrNO2/c1-8-3-2-4(9)5(7)6(8)10/h5H,2-3H2,1H3. The highest BCUT2D eigenvalue weighted by Gasteiger charge is 2.30. The number of ketones is 1. The molecule has 1 rings (SSSR count). The molecular weight excluding hydrogens is 198 g/mol. The third-order valence-corrected chi connectivity index (χ3v) is 2.47. The summed E-state index contributed by atoms with van der Waals surface area (Å²) in [5.41, 5.74) is 0. The van der Waals surface area contributed by atoms with Gasteiger partial charge in [0, 0.05) is 20.0 Å². The molecule has 1 unspecified atom stereocenters. The molecule has 0 bridgehead atoms. The largest absolute Gasteiger partial charge is 0.344 e. The number of alkyl halides is 1. The number of rotatable bonds is 0. The van der Waals surface area contributed by atoms with Gasteiger partial charge in [0.05, 0.1) is 0 Å². The monoisotopic (exact) mass is 205 g/mol. The predicted octanol–water partition coefficient (Wildman–Crippen LogP) is 0.181. The van der Waals surface area contributed by atoms with Crippen LogP contribution >= 0.6 is 15.9 Å². The molecule has 3 nitrogen and oxygen atoms in total. The fourth-order valence-corrected chi connectivity index (χ4v) is 1.42. The number of carbonyl (C=O) groups excluding carboxylic acids is 2. The highest BCUT2D eigenvalue weighted by atomic mass is 79.9. The van der Waals surface area contributed by atoms with E-state index in [1.165, 1.54) is 0 Å². The molecule has 1 aliphatic heterocycles. The van der Waals surface area contributed by atoms with Crippen molar-refractivity contribution in [1.82, 2.24) is 4.90 Å². The van der Waals surface area contributed by atoms with E-state index in [9.17, 15) is 9.59 Å². The van der Waals surface area contributed by atoms with Crippen LogP contribution in [0, 0.1) is 0 Å². The molecule has 1 amide bonds. The molecule has 1 saturated heterocycles. The van der Waals surface area contributed by atoms with Crippen LogP contribution in [0.15, 0.2) is 0 Å². The lowest BCUT2D eigenvalue weighted by molar-refractivity contribution is -0.137. The minimum Gasteiger partial charge on any atom is -0.344 e. The van der Waals surface area contributed by atoms with Crippen LogP contribution in [-0.4, -0.2) is 35.0 Å². The normalized spacial score (nSPS) is 27.4. The minimum absolute atomic E-state index is 0.0110. The summed E-state index contributed by atoms with van der Waals surface area (Å²) < 4.78 is 0. The van der Waals surface area contributed by atoms with Crippen molar-refractivity contribution in [1.29, 1.82) is 0 Å². The topological polar surface area (TPSA) is 37.4 Å². The van der Waals surface area contributed by atoms with Gasteiger partial charge in [0.15, 0.2) is 10.6 Å². The Morgan fingerprint density at radius 3 is 2.70 bits per heavy atom. The average Bonchev–Trinajstić information content (AvgIpc) is 1.93. The number of piperidine rings is 1. The van der Waals surface area contributed by atoms with Crippen LogP contribution in [-0.2, 0) is 9.59 Å². The lowest BCUT2D eigenvalue weighted by Gasteiger charge is -2.24. The van der Waals surface area contributed by atoms with Gasteiger partial charge in [0.25, 0.3) is 0 Å². The van der Waals surface area contributed by atoms with E-state index in [1.54, 1.807) is 11.9 Å². The van der Waals surface area contributed by atoms with E-state index in [0.717, 1.165) is 0 Å². The Bertz CT molecular complexity index is 181. The number of carbonyl (C=O) groups is 2. The van der Waals surface area contributed by atoms with Gasteiger partial charge in [0.1, 0.15) is 0 Å². The van der Waals surface area contributed by atoms with E-state index >= 15 is 0 Å². The molecule has 1 atom stereocenters. The summed E-state index contributed by atoms with van der Waals surface area (Å²) in [6, 6.07) is 0. The fraction of sp³-hybridized carbons (Fsp3) is 0.667. The number of halogens is 1. The molecule has 1 fully saturated rings. The quantitative estimate of drug-likeness (QED) is 0.418. The molecule has 1 aliphatic rings. The SMILES string of the molecule is CN1CCC(=O)C(Br)C1=O. The van der Waals surface area contributed by atoms with Crippen LogP contribution in [0.3, 0.4) is 0 Å². The smallest absolute Gasteiger partial charge is 0.243 e. The summed E-state index contributed by atoms with van der Waals surface area (Å²) >= 11 is 3.02. The van der Waals surface area contributed by atoms with Gasteiger partial charge in [-0.25, -0.2) is 0 Å². The first-order chi connectivity index (χ1) is 4.63. The minimum atomic E-state index is -0.591. The molecule has 0 N–H and O–H groups in total. The van der Waals surface area contributed by atoms with E-state index in [0.29, 0.717) is 13.0 Å². The predicted molar refractivity (Wildman–Crippen MR) is 40.0 cm³/mol. The Labute approximate surface area is 67.5 Å². The van der Waals surface area contributed by atoms with Crippen LogP contribution < -0.4 is 0 Å². The van der Waals surface area contributed by atoms with Crippen molar-refractivity contribution in [2.75, 3.05) is 13.6 Å². The third-order valence-electron chi connectivity index (χ3n) is 1.57. The Kier molecular flexibility index (Phi) is 2.08. The first-order valence-electron chi connectivity index (χ1n) is 3.04.